The van der Waals surface area contributed by atoms with E-state index in [9.17, 15) is 9.59 Å². The summed E-state index contributed by atoms with van der Waals surface area (Å²) in [5.41, 5.74) is 5.34. The van der Waals surface area contributed by atoms with Crippen molar-refractivity contribution in [1.29, 1.82) is 0 Å². The van der Waals surface area contributed by atoms with Crippen molar-refractivity contribution in [3.05, 3.63) is 10.0 Å². The van der Waals surface area contributed by atoms with E-state index in [1.807, 2.05) is 0 Å². The molecular weight excluding hydrogens is 453 g/mol. The van der Waals surface area contributed by atoms with E-state index >= 15 is 0 Å². The van der Waals surface area contributed by atoms with Crippen LogP contribution in [-0.2, 0) is 9.53 Å². The number of nitrogens with one attached hydrogen (secondary N) is 1. The highest BCUT2D eigenvalue weighted by molar-refractivity contribution is 14.1. The van der Waals surface area contributed by atoms with Gasteiger partial charge in [0.15, 0.2) is 11.2 Å². The highest BCUT2D eigenvalue weighted by Gasteiger charge is 2.39. The summed E-state index contributed by atoms with van der Waals surface area (Å²) in [5.74, 6) is 0.139. The van der Waals surface area contributed by atoms with E-state index in [0.29, 0.717) is 24.6 Å². The molecule has 0 bridgehead atoms. The Morgan fingerprint density at radius 3 is 2.85 bits per heavy atom. The van der Waals surface area contributed by atoms with Crippen LogP contribution < -0.4 is 11.1 Å². The lowest BCUT2D eigenvalue weighted by molar-refractivity contribution is -0.147. The van der Waals surface area contributed by atoms with Crippen LogP contribution in [0.15, 0.2) is 6.33 Å². The Labute approximate surface area is 163 Å². The number of halogens is 1. The van der Waals surface area contributed by atoms with Gasteiger partial charge in [0.2, 0.25) is 0 Å². The van der Waals surface area contributed by atoms with E-state index in [4.69, 9.17) is 10.5 Å². The van der Waals surface area contributed by atoms with E-state index < -0.39 is 11.7 Å². The van der Waals surface area contributed by atoms with E-state index in [1.165, 1.54) is 13.4 Å². The van der Waals surface area contributed by atoms with Crippen LogP contribution in [0.2, 0.25) is 0 Å². The first-order valence-electron chi connectivity index (χ1n) is 8.09. The molecule has 10 nitrogen and oxygen atoms in total. The lowest BCUT2D eigenvalue weighted by atomic mass is 10.1. The van der Waals surface area contributed by atoms with Crippen LogP contribution >= 0.6 is 22.6 Å². The Kier molecular flexibility index (Phi) is 4.90. The third kappa shape index (κ3) is 3.27. The summed E-state index contributed by atoms with van der Waals surface area (Å²) >= 11 is 2.10. The summed E-state index contributed by atoms with van der Waals surface area (Å²) in [6.07, 6.45) is 1.49. The summed E-state index contributed by atoms with van der Waals surface area (Å²) < 4.78 is 7.72. The number of carbonyl (C=O) groups excluding carboxylic acids is 2. The normalized spacial score (nSPS) is 17.5. The number of aromatic nitrogens is 4. The number of hydrogen-bond donors (Lipinski definition) is 2. The lowest BCUT2D eigenvalue weighted by Gasteiger charge is -2.28. The second-order valence-electron chi connectivity index (χ2n) is 6.54. The molecule has 1 atom stereocenters. The van der Waals surface area contributed by atoms with Crippen molar-refractivity contribution in [3.8, 4) is 0 Å². The Hall–Kier alpha value is -2.18. The molecule has 3 N–H and O–H groups in total. The number of anilines is 1. The SMILES string of the molecule is CNC(=O)OC(C)(C)C(=O)N1CCC(n2nc(I)c3c(N)ncnc32)C1. The molecule has 0 aliphatic carbocycles. The van der Waals surface area contributed by atoms with E-state index in [1.54, 1.807) is 23.4 Å². The van der Waals surface area contributed by atoms with Crippen LogP contribution in [-0.4, -0.2) is 62.4 Å². The molecule has 0 radical (unpaired) electrons. The van der Waals surface area contributed by atoms with Gasteiger partial charge in [0.1, 0.15) is 15.8 Å². The average Bonchev–Trinajstić information content (AvgIpc) is 3.19. The van der Waals surface area contributed by atoms with Crippen LogP contribution in [0.5, 0.6) is 0 Å². The van der Waals surface area contributed by atoms with E-state index in [-0.39, 0.29) is 11.9 Å². The molecule has 0 aromatic carbocycles. The van der Waals surface area contributed by atoms with Crippen molar-refractivity contribution < 1.29 is 14.3 Å². The quantitative estimate of drug-likeness (QED) is 0.635. The van der Waals surface area contributed by atoms with E-state index in [2.05, 4.69) is 43.0 Å². The van der Waals surface area contributed by atoms with E-state index in [0.717, 1.165) is 15.5 Å². The second kappa shape index (κ2) is 6.85. The van der Waals surface area contributed by atoms with Crippen molar-refractivity contribution in [3.63, 3.8) is 0 Å². The zero-order valence-corrected chi connectivity index (χ0v) is 16.8. The van der Waals surface area contributed by atoms with Gasteiger partial charge in [-0.05, 0) is 42.9 Å². The summed E-state index contributed by atoms with van der Waals surface area (Å²) in [4.78, 5) is 34.2. The minimum absolute atomic E-state index is 0.0323. The number of nitrogens with zero attached hydrogens (tertiary/aromatic N) is 5. The van der Waals surface area contributed by atoms with Gasteiger partial charge in [-0.15, -0.1) is 0 Å². The summed E-state index contributed by atoms with van der Waals surface area (Å²) in [6.45, 7) is 4.16. The minimum atomic E-state index is -1.25. The molecule has 2 aromatic heterocycles. The average molecular weight is 473 g/mol. The number of fused-ring (bicyclic) bond motifs is 1. The number of amides is 2. The van der Waals surface area contributed by atoms with Gasteiger partial charge in [0.25, 0.3) is 5.91 Å². The molecule has 1 fully saturated rings. The molecule has 0 saturated carbocycles. The van der Waals surface area contributed by atoms with Crippen molar-refractivity contribution in [1.82, 2.24) is 30.0 Å². The molecule has 1 saturated heterocycles. The summed E-state index contributed by atoms with van der Waals surface area (Å²) in [6, 6.07) is -0.0323. The minimum Gasteiger partial charge on any atom is -0.433 e. The van der Waals surface area contributed by atoms with Crippen LogP contribution in [0, 0.1) is 3.70 Å². The molecule has 3 heterocycles. The number of nitrogen functional groups attached to an aromatic ring is 1. The number of alkyl carbamates (subject to hydrolysis) is 1. The maximum atomic E-state index is 12.8. The van der Waals surface area contributed by atoms with Gasteiger partial charge in [0, 0.05) is 20.1 Å². The molecule has 1 unspecified atom stereocenters. The molecule has 26 heavy (non-hydrogen) atoms. The molecule has 11 heteroatoms. The van der Waals surface area contributed by atoms with Crippen molar-refractivity contribution in [2.45, 2.75) is 31.9 Å². The van der Waals surface area contributed by atoms with Gasteiger partial charge >= 0.3 is 6.09 Å². The highest BCUT2D eigenvalue weighted by Crippen LogP contribution is 2.30. The molecular formula is C15H20IN7O3. The fourth-order valence-corrected chi connectivity index (χ4v) is 3.79. The topological polar surface area (TPSA) is 128 Å². The predicted molar refractivity (Wildman–Crippen MR) is 102 cm³/mol. The Balaban J connectivity index is 1.80. The highest BCUT2D eigenvalue weighted by atomic mass is 127. The molecule has 3 rings (SSSR count). The number of carbonyl (C=O) groups is 2. The summed E-state index contributed by atoms with van der Waals surface area (Å²) in [5, 5.41) is 7.62. The molecule has 140 valence electrons. The van der Waals surface area contributed by atoms with Gasteiger partial charge in [0.05, 0.1) is 11.4 Å². The molecule has 1 aliphatic rings. The number of nitrogens with two attached hydrogens (primary N) is 1. The third-order valence-electron chi connectivity index (χ3n) is 4.34. The maximum absolute atomic E-state index is 12.8. The van der Waals surface area contributed by atoms with Crippen molar-refractivity contribution in [2.75, 3.05) is 25.9 Å². The lowest BCUT2D eigenvalue weighted by Crippen LogP contribution is -2.48. The Morgan fingerprint density at radius 2 is 2.15 bits per heavy atom. The number of ether oxygens (including phenoxy) is 1. The van der Waals surface area contributed by atoms with Gasteiger partial charge in [-0.3, -0.25) is 4.79 Å². The molecule has 1 aliphatic heterocycles. The van der Waals surface area contributed by atoms with Crippen molar-refractivity contribution >= 4 is 51.4 Å². The molecule has 0 spiro atoms. The standard InChI is InChI=1S/C15H20IN7O3/c1-15(2,26-14(25)18-3)13(24)22-5-4-8(6-22)23-12-9(10(16)21-23)11(17)19-7-20-12/h7-8H,4-6H2,1-3H3,(H,18,25)(H2,17,19,20). The van der Waals surface area contributed by atoms with Gasteiger partial charge < -0.3 is 20.7 Å². The number of hydrogen-bond acceptors (Lipinski definition) is 7. The zero-order valence-electron chi connectivity index (χ0n) is 14.7. The second-order valence-corrected chi connectivity index (χ2v) is 7.56. The third-order valence-corrected chi connectivity index (χ3v) is 5.09. The number of rotatable bonds is 3. The van der Waals surface area contributed by atoms with Gasteiger partial charge in [-0.1, -0.05) is 0 Å². The fourth-order valence-electron chi connectivity index (χ4n) is 3.04. The van der Waals surface area contributed by atoms with Crippen LogP contribution in [0.25, 0.3) is 11.0 Å². The zero-order chi connectivity index (χ0) is 19.1. The Bertz CT molecular complexity index is 866. The van der Waals surface area contributed by atoms with Gasteiger partial charge in [-0.2, -0.15) is 5.10 Å². The largest absolute Gasteiger partial charge is 0.433 e. The van der Waals surface area contributed by atoms with Gasteiger partial charge in [-0.25, -0.2) is 19.4 Å². The number of likely N-dealkylation sites (tertiary alicyclic amines) is 1. The molecule has 2 aromatic rings. The fraction of sp³-hybridized carbons (Fsp3) is 0.533. The first-order valence-corrected chi connectivity index (χ1v) is 9.16. The monoisotopic (exact) mass is 473 g/mol. The summed E-state index contributed by atoms with van der Waals surface area (Å²) in [7, 11) is 1.45. The van der Waals surface area contributed by atoms with Crippen LogP contribution in [0.4, 0.5) is 10.6 Å². The van der Waals surface area contributed by atoms with Crippen LogP contribution in [0.3, 0.4) is 0 Å². The molecule has 2 amide bonds. The smallest absolute Gasteiger partial charge is 0.407 e. The van der Waals surface area contributed by atoms with Crippen LogP contribution in [0.1, 0.15) is 26.3 Å². The predicted octanol–water partition coefficient (Wildman–Crippen LogP) is 0.921. The first kappa shape index (κ1) is 18.6. The first-order chi connectivity index (χ1) is 12.2. The van der Waals surface area contributed by atoms with Crippen molar-refractivity contribution in [2.24, 2.45) is 0 Å². The maximum Gasteiger partial charge on any atom is 0.407 e. The Morgan fingerprint density at radius 1 is 1.42 bits per heavy atom.